The standard InChI is InChI=1S/C17H16N2/c1-13-7-6-8-14(2)16(13)19-12-11-18-17(19)15-9-4-3-5-10-15/h3-12H,1-2H3. The van der Waals surface area contributed by atoms with Crippen molar-refractivity contribution in [3.05, 3.63) is 72.1 Å². The van der Waals surface area contributed by atoms with E-state index >= 15 is 0 Å². The molecule has 0 aliphatic heterocycles. The molecule has 0 aliphatic carbocycles. The van der Waals surface area contributed by atoms with Gasteiger partial charge in [-0.25, -0.2) is 4.98 Å². The van der Waals surface area contributed by atoms with Crippen molar-refractivity contribution in [1.82, 2.24) is 9.55 Å². The van der Waals surface area contributed by atoms with Crippen LogP contribution in [-0.2, 0) is 0 Å². The molecule has 0 N–H and O–H groups in total. The van der Waals surface area contributed by atoms with Gasteiger partial charge in [-0.05, 0) is 25.0 Å². The van der Waals surface area contributed by atoms with Gasteiger partial charge in [0.2, 0.25) is 0 Å². The normalized spacial score (nSPS) is 10.6. The third-order valence-electron chi connectivity index (χ3n) is 3.35. The lowest BCUT2D eigenvalue weighted by atomic mass is 10.1. The van der Waals surface area contributed by atoms with Gasteiger partial charge in [0, 0.05) is 18.0 Å². The highest BCUT2D eigenvalue weighted by Crippen LogP contribution is 2.25. The Morgan fingerprint density at radius 2 is 1.53 bits per heavy atom. The van der Waals surface area contributed by atoms with E-state index in [4.69, 9.17) is 0 Å². The highest BCUT2D eigenvalue weighted by atomic mass is 15.1. The van der Waals surface area contributed by atoms with E-state index in [0.29, 0.717) is 0 Å². The Bertz CT molecular complexity index is 676. The van der Waals surface area contributed by atoms with Crippen LogP contribution in [0.2, 0.25) is 0 Å². The average molecular weight is 248 g/mol. The first-order valence-corrected chi connectivity index (χ1v) is 6.43. The summed E-state index contributed by atoms with van der Waals surface area (Å²) < 4.78 is 2.17. The molecule has 2 aromatic carbocycles. The fourth-order valence-electron chi connectivity index (χ4n) is 2.47. The van der Waals surface area contributed by atoms with Crippen LogP contribution in [-0.4, -0.2) is 9.55 Å². The number of imidazole rings is 1. The number of aromatic nitrogens is 2. The molecule has 0 unspecified atom stereocenters. The first kappa shape index (κ1) is 11.7. The van der Waals surface area contributed by atoms with E-state index in [1.54, 1.807) is 0 Å². The van der Waals surface area contributed by atoms with E-state index in [2.05, 4.69) is 53.7 Å². The molecule has 0 aliphatic rings. The summed E-state index contributed by atoms with van der Waals surface area (Å²) in [5.41, 5.74) is 4.87. The predicted octanol–water partition coefficient (Wildman–Crippen LogP) is 4.16. The second-order valence-electron chi connectivity index (χ2n) is 4.73. The highest BCUT2D eigenvalue weighted by Gasteiger charge is 2.10. The maximum absolute atomic E-state index is 4.51. The number of benzene rings is 2. The Labute approximate surface area is 113 Å². The zero-order valence-electron chi connectivity index (χ0n) is 11.2. The van der Waals surface area contributed by atoms with Crippen LogP contribution in [0.3, 0.4) is 0 Å². The van der Waals surface area contributed by atoms with Crippen molar-refractivity contribution in [2.24, 2.45) is 0 Å². The van der Waals surface area contributed by atoms with E-state index in [0.717, 1.165) is 11.4 Å². The Balaban J connectivity index is 2.21. The zero-order valence-corrected chi connectivity index (χ0v) is 11.2. The quantitative estimate of drug-likeness (QED) is 0.666. The van der Waals surface area contributed by atoms with Gasteiger partial charge >= 0.3 is 0 Å². The Kier molecular flexibility index (Phi) is 2.92. The smallest absolute Gasteiger partial charge is 0.144 e. The zero-order chi connectivity index (χ0) is 13.2. The van der Waals surface area contributed by atoms with Crippen LogP contribution in [0.4, 0.5) is 0 Å². The van der Waals surface area contributed by atoms with Gasteiger partial charge in [-0.2, -0.15) is 0 Å². The summed E-state index contributed by atoms with van der Waals surface area (Å²) >= 11 is 0. The molecule has 0 amide bonds. The van der Waals surface area contributed by atoms with Gasteiger partial charge in [-0.1, -0.05) is 48.5 Å². The number of para-hydroxylation sites is 1. The summed E-state index contributed by atoms with van der Waals surface area (Å²) in [6.45, 7) is 4.27. The molecule has 0 fully saturated rings. The maximum atomic E-state index is 4.51. The third-order valence-corrected chi connectivity index (χ3v) is 3.35. The summed E-state index contributed by atoms with van der Waals surface area (Å²) in [5, 5.41) is 0. The number of hydrogen-bond acceptors (Lipinski definition) is 1. The lowest BCUT2D eigenvalue weighted by Gasteiger charge is -2.13. The summed E-state index contributed by atoms with van der Waals surface area (Å²) in [4.78, 5) is 4.51. The van der Waals surface area contributed by atoms with Gasteiger partial charge in [0.1, 0.15) is 5.82 Å². The van der Waals surface area contributed by atoms with Gasteiger partial charge in [0.25, 0.3) is 0 Å². The molecule has 0 saturated carbocycles. The summed E-state index contributed by atoms with van der Waals surface area (Å²) in [5.74, 6) is 0.984. The fourth-order valence-corrected chi connectivity index (χ4v) is 2.47. The average Bonchev–Trinajstić information content (AvgIpc) is 2.89. The molecule has 0 bridgehead atoms. The second kappa shape index (κ2) is 4.73. The van der Waals surface area contributed by atoms with Crippen LogP contribution in [0.15, 0.2) is 60.9 Å². The molecule has 1 heterocycles. The minimum absolute atomic E-state index is 0.984. The van der Waals surface area contributed by atoms with Crippen molar-refractivity contribution in [3.8, 4) is 17.1 Å². The van der Waals surface area contributed by atoms with Gasteiger partial charge < -0.3 is 0 Å². The van der Waals surface area contributed by atoms with Crippen LogP contribution in [0.5, 0.6) is 0 Å². The molecule has 1 aromatic heterocycles. The molecule has 3 rings (SSSR count). The molecular formula is C17H16N2. The van der Waals surface area contributed by atoms with Crippen molar-refractivity contribution in [3.63, 3.8) is 0 Å². The lowest BCUT2D eigenvalue weighted by molar-refractivity contribution is 1.03. The molecule has 2 nitrogen and oxygen atoms in total. The summed E-state index contributed by atoms with van der Waals surface area (Å²) in [7, 11) is 0. The summed E-state index contributed by atoms with van der Waals surface area (Å²) in [6.07, 6.45) is 3.88. The molecular weight excluding hydrogens is 232 g/mol. The Hall–Kier alpha value is -2.35. The Morgan fingerprint density at radius 3 is 2.21 bits per heavy atom. The minimum Gasteiger partial charge on any atom is -0.299 e. The minimum atomic E-state index is 0.984. The number of hydrogen-bond donors (Lipinski definition) is 0. The van der Waals surface area contributed by atoms with Gasteiger partial charge in [-0.15, -0.1) is 0 Å². The molecule has 0 spiro atoms. The first-order chi connectivity index (χ1) is 9.27. The van der Waals surface area contributed by atoms with E-state index in [1.807, 2.05) is 30.6 Å². The first-order valence-electron chi connectivity index (χ1n) is 6.43. The lowest BCUT2D eigenvalue weighted by Crippen LogP contribution is -2.01. The molecule has 2 heteroatoms. The molecule has 19 heavy (non-hydrogen) atoms. The number of nitrogens with zero attached hydrogens (tertiary/aromatic N) is 2. The monoisotopic (exact) mass is 248 g/mol. The van der Waals surface area contributed by atoms with Crippen molar-refractivity contribution in [1.29, 1.82) is 0 Å². The molecule has 3 aromatic rings. The highest BCUT2D eigenvalue weighted by molar-refractivity contribution is 5.61. The second-order valence-corrected chi connectivity index (χ2v) is 4.73. The predicted molar refractivity (Wildman–Crippen MR) is 78.5 cm³/mol. The third kappa shape index (κ3) is 2.06. The van der Waals surface area contributed by atoms with Crippen LogP contribution >= 0.6 is 0 Å². The van der Waals surface area contributed by atoms with E-state index in [1.165, 1.54) is 16.8 Å². The van der Waals surface area contributed by atoms with E-state index in [9.17, 15) is 0 Å². The van der Waals surface area contributed by atoms with E-state index < -0.39 is 0 Å². The number of rotatable bonds is 2. The van der Waals surface area contributed by atoms with Gasteiger partial charge in [0.15, 0.2) is 0 Å². The largest absolute Gasteiger partial charge is 0.299 e. The number of aryl methyl sites for hydroxylation is 2. The molecule has 0 radical (unpaired) electrons. The summed E-state index contributed by atoms with van der Waals surface area (Å²) in [6, 6.07) is 16.6. The Morgan fingerprint density at radius 1 is 0.842 bits per heavy atom. The van der Waals surface area contributed by atoms with Crippen molar-refractivity contribution in [2.75, 3.05) is 0 Å². The van der Waals surface area contributed by atoms with Crippen LogP contribution in [0, 0.1) is 13.8 Å². The van der Waals surface area contributed by atoms with Crippen LogP contribution in [0.1, 0.15) is 11.1 Å². The molecule has 94 valence electrons. The molecule has 0 atom stereocenters. The molecule has 0 saturated heterocycles. The van der Waals surface area contributed by atoms with Crippen LogP contribution in [0.25, 0.3) is 17.1 Å². The maximum Gasteiger partial charge on any atom is 0.144 e. The topological polar surface area (TPSA) is 17.8 Å². The van der Waals surface area contributed by atoms with Gasteiger partial charge in [-0.3, -0.25) is 4.57 Å². The van der Waals surface area contributed by atoms with Crippen molar-refractivity contribution >= 4 is 0 Å². The van der Waals surface area contributed by atoms with Crippen molar-refractivity contribution in [2.45, 2.75) is 13.8 Å². The van der Waals surface area contributed by atoms with E-state index in [-0.39, 0.29) is 0 Å². The van der Waals surface area contributed by atoms with Gasteiger partial charge in [0.05, 0.1) is 5.69 Å². The SMILES string of the molecule is Cc1cccc(C)c1-n1ccnc1-c1ccccc1. The van der Waals surface area contributed by atoms with Crippen LogP contribution < -0.4 is 0 Å². The van der Waals surface area contributed by atoms with Crippen molar-refractivity contribution < 1.29 is 0 Å². The fraction of sp³-hybridized carbons (Fsp3) is 0.118.